The fraction of sp³-hybridized carbons (Fsp3) is 0.579. The van der Waals surface area contributed by atoms with Gasteiger partial charge in [0.25, 0.3) is 0 Å². The molecule has 5 nitrogen and oxygen atoms in total. The summed E-state index contributed by atoms with van der Waals surface area (Å²) in [6, 6.07) is 6.80. The molecule has 0 N–H and O–H groups in total. The minimum Gasteiger partial charge on any atom is -0.367 e. The Morgan fingerprint density at radius 3 is 2.36 bits per heavy atom. The van der Waals surface area contributed by atoms with Crippen molar-refractivity contribution in [3.05, 3.63) is 30.1 Å². The molecule has 1 aromatic carbocycles. The molecule has 3 fully saturated rings. The maximum atomic E-state index is 13.9. The van der Waals surface area contributed by atoms with Gasteiger partial charge in [0.1, 0.15) is 5.82 Å². The molecule has 0 atom stereocenters. The number of imide groups is 1. The van der Waals surface area contributed by atoms with Crippen LogP contribution in [-0.4, -0.2) is 54.5 Å². The van der Waals surface area contributed by atoms with Gasteiger partial charge in [-0.15, -0.1) is 0 Å². The highest BCUT2D eigenvalue weighted by Gasteiger charge is 2.52. The number of nitrogens with zero attached hydrogens (tertiary/aromatic N) is 3. The van der Waals surface area contributed by atoms with Gasteiger partial charge in [-0.2, -0.15) is 0 Å². The fourth-order valence-corrected chi connectivity index (χ4v) is 4.48. The van der Waals surface area contributed by atoms with Gasteiger partial charge in [0.05, 0.1) is 17.8 Å². The van der Waals surface area contributed by atoms with E-state index in [9.17, 15) is 14.0 Å². The molecule has 1 spiro atoms. The van der Waals surface area contributed by atoms with Crippen molar-refractivity contribution in [2.45, 2.75) is 32.1 Å². The van der Waals surface area contributed by atoms with Crippen LogP contribution < -0.4 is 4.90 Å². The van der Waals surface area contributed by atoms with E-state index in [1.165, 1.54) is 11.0 Å². The SMILES string of the molecule is O=C1CC2(CCCC2)C(=O)N1CN1CCN(c2ccccc2F)CC1. The molecule has 0 radical (unpaired) electrons. The van der Waals surface area contributed by atoms with Crippen molar-refractivity contribution in [1.29, 1.82) is 0 Å². The molecule has 4 rings (SSSR count). The third-order valence-electron chi connectivity index (χ3n) is 5.96. The lowest BCUT2D eigenvalue weighted by atomic mass is 9.85. The lowest BCUT2D eigenvalue weighted by molar-refractivity contribution is -0.143. The number of rotatable bonds is 3. The van der Waals surface area contributed by atoms with Crippen LogP contribution in [0, 0.1) is 11.2 Å². The Morgan fingerprint density at radius 1 is 1.00 bits per heavy atom. The Hall–Kier alpha value is -1.95. The zero-order valence-electron chi connectivity index (χ0n) is 14.4. The van der Waals surface area contributed by atoms with Crippen molar-refractivity contribution in [3.63, 3.8) is 0 Å². The molecule has 1 aliphatic carbocycles. The van der Waals surface area contributed by atoms with Crippen LogP contribution in [0.3, 0.4) is 0 Å². The summed E-state index contributed by atoms with van der Waals surface area (Å²) in [4.78, 5) is 30.7. The molecule has 25 heavy (non-hydrogen) atoms. The topological polar surface area (TPSA) is 43.9 Å². The van der Waals surface area contributed by atoms with E-state index in [4.69, 9.17) is 0 Å². The van der Waals surface area contributed by atoms with Gasteiger partial charge in [-0.05, 0) is 25.0 Å². The minimum absolute atomic E-state index is 0.0246. The normalized spacial score (nSPS) is 23.9. The molecule has 3 aliphatic rings. The summed E-state index contributed by atoms with van der Waals surface area (Å²) >= 11 is 0. The number of hydrogen-bond donors (Lipinski definition) is 0. The van der Waals surface area contributed by atoms with Gasteiger partial charge >= 0.3 is 0 Å². The van der Waals surface area contributed by atoms with Gasteiger partial charge < -0.3 is 4.90 Å². The number of carbonyl (C=O) groups is 2. The van der Waals surface area contributed by atoms with Crippen LogP contribution in [0.1, 0.15) is 32.1 Å². The van der Waals surface area contributed by atoms with Gasteiger partial charge in [-0.25, -0.2) is 4.39 Å². The first-order chi connectivity index (χ1) is 12.1. The Labute approximate surface area is 147 Å². The molecule has 2 saturated heterocycles. The van der Waals surface area contributed by atoms with Gasteiger partial charge in [0.2, 0.25) is 11.8 Å². The molecule has 2 amide bonds. The zero-order valence-corrected chi connectivity index (χ0v) is 14.4. The summed E-state index contributed by atoms with van der Waals surface area (Å²) in [7, 11) is 0. The maximum absolute atomic E-state index is 13.9. The highest BCUT2D eigenvalue weighted by atomic mass is 19.1. The quantitative estimate of drug-likeness (QED) is 0.788. The van der Waals surface area contributed by atoms with Gasteiger partial charge in [-0.3, -0.25) is 19.4 Å². The zero-order chi connectivity index (χ0) is 17.4. The molecule has 0 unspecified atom stereocenters. The third kappa shape index (κ3) is 2.92. The second-order valence-electron chi connectivity index (χ2n) is 7.49. The predicted octanol–water partition coefficient (Wildman–Crippen LogP) is 2.22. The first-order valence-electron chi connectivity index (χ1n) is 9.16. The highest BCUT2D eigenvalue weighted by Crippen LogP contribution is 2.46. The van der Waals surface area contributed by atoms with E-state index in [-0.39, 0.29) is 17.6 Å². The average molecular weight is 345 g/mol. The second kappa shape index (κ2) is 6.41. The number of carbonyl (C=O) groups excluding carboxylic acids is 2. The molecule has 2 aliphatic heterocycles. The fourth-order valence-electron chi connectivity index (χ4n) is 4.48. The minimum atomic E-state index is -0.397. The maximum Gasteiger partial charge on any atom is 0.237 e. The van der Waals surface area contributed by atoms with Crippen LogP contribution in [0.4, 0.5) is 10.1 Å². The largest absolute Gasteiger partial charge is 0.367 e. The van der Waals surface area contributed by atoms with Crippen molar-refractivity contribution < 1.29 is 14.0 Å². The molecule has 134 valence electrons. The number of hydrogen-bond acceptors (Lipinski definition) is 4. The van der Waals surface area contributed by atoms with E-state index in [0.717, 1.165) is 38.8 Å². The molecular weight excluding hydrogens is 321 g/mol. The second-order valence-corrected chi connectivity index (χ2v) is 7.49. The number of anilines is 1. The molecule has 6 heteroatoms. The van der Waals surface area contributed by atoms with Gasteiger partial charge in [-0.1, -0.05) is 25.0 Å². The van der Waals surface area contributed by atoms with Crippen molar-refractivity contribution >= 4 is 17.5 Å². The number of para-hydroxylation sites is 1. The Kier molecular flexibility index (Phi) is 4.23. The lowest BCUT2D eigenvalue weighted by Crippen LogP contribution is -2.51. The van der Waals surface area contributed by atoms with Crippen molar-refractivity contribution in [2.75, 3.05) is 37.7 Å². The molecule has 2 heterocycles. The van der Waals surface area contributed by atoms with E-state index in [1.54, 1.807) is 12.1 Å². The van der Waals surface area contributed by atoms with Crippen molar-refractivity contribution in [2.24, 2.45) is 5.41 Å². The Balaban J connectivity index is 1.37. The first-order valence-corrected chi connectivity index (χ1v) is 9.16. The molecular formula is C19H24FN3O2. The van der Waals surface area contributed by atoms with E-state index in [0.29, 0.717) is 31.9 Å². The lowest BCUT2D eigenvalue weighted by Gasteiger charge is -2.37. The van der Waals surface area contributed by atoms with Crippen LogP contribution in [0.15, 0.2) is 24.3 Å². The van der Waals surface area contributed by atoms with Crippen LogP contribution in [0.25, 0.3) is 0 Å². The summed E-state index contributed by atoms with van der Waals surface area (Å²) in [6.45, 7) is 3.21. The summed E-state index contributed by atoms with van der Waals surface area (Å²) in [5.74, 6) is -0.195. The summed E-state index contributed by atoms with van der Waals surface area (Å²) < 4.78 is 13.9. The molecule has 1 saturated carbocycles. The standard InChI is InChI=1S/C19H24FN3O2/c20-15-5-1-2-6-16(15)22-11-9-21(10-12-22)14-23-17(24)13-19(18(23)25)7-3-4-8-19/h1-2,5-6H,3-4,7-14H2. The summed E-state index contributed by atoms with van der Waals surface area (Å²) in [6.07, 6.45) is 4.20. The van der Waals surface area contributed by atoms with E-state index in [1.807, 2.05) is 11.0 Å². The Morgan fingerprint density at radius 2 is 1.68 bits per heavy atom. The monoisotopic (exact) mass is 345 g/mol. The highest BCUT2D eigenvalue weighted by molar-refractivity contribution is 6.06. The smallest absolute Gasteiger partial charge is 0.237 e. The summed E-state index contributed by atoms with van der Waals surface area (Å²) in [5.41, 5.74) is 0.229. The van der Waals surface area contributed by atoms with Gasteiger partial charge in [0.15, 0.2) is 0 Å². The Bertz CT molecular complexity index is 679. The van der Waals surface area contributed by atoms with Crippen LogP contribution in [0.5, 0.6) is 0 Å². The molecule has 0 bridgehead atoms. The molecule has 0 aromatic heterocycles. The summed E-state index contributed by atoms with van der Waals surface area (Å²) in [5, 5.41) is 0. The number of amides is 2. The van der Waals surface area contributed by atoms with Crippen molar-refractivity contribution in [1.82, 2.24) is 9.80 Å². The van der Waals surface area contributed by atoms with E-state index in [2.05, 4.69) is 4.90 Å². The van der Waals surface area contributed by atoms with Crippen molar-refractivity contribution in [3.8, 4) is 0 Å². The van der Waals surface area contributed by atoms with E-state index >= 15 is 0 Å². The number of piperazine rings is 1. The van der Waals surface area contributed by atoms with E-state index < -0.39 is 5.41 Å². The van der Waals surface area contributed by atoms with Crippen LogP contribution in [-0.2, 0) is 9.59 Å². The third-order valence-corrected chi connectivity index (χ3v) is 5.96. The molecule has 1 aromatic rings. The first kappa shape index (κ1) is 16.5. The van der Waals surface area contributed by atoms with Crippen LogP contribution >= 0.6 is 0 Å². The van der Waals surface area contributed by atoms with Gasteiger partial charge in [0, 0.05) is 32.6 Å². The number of likely N-dealkylation sites (tertiary alicyclic amines) is 1. The predicted molar refractivity (Wildman–Crippen MR) is 92.4 cm³/mol. The number of benzene rings is 1. The average Bonchev–Trinajstić information content (AvgIpc) is 3.17. The number of halogens is 1. The van der Waals surface area contributed by atoms with Crippen LogP contribution in [0.2, 0.25) is 0 Å².